The minimum atomic E-state index is -0.455. The fraction of sp³-hybridized carbons (Fsp3) is 0.118. The SMILES string of the molecule is COc1ccc(Br)c(C(=O)NNC(=O)Cc2nc3ccccc3[nH]2)c1. The Morgan fingerprint density at radius 1 is 1.20 bits per heavy atom. The Bertz CT molecular complexity index is 906. The van der Waals surface area contributed by atoms with E-state index in [9.17, 15) is 9.59 Å². The molecule has 0 radical (unpaired) electrons. The number of amides is 2. The molecule has 0 saturated heterocycles. The van der Waals surface area contributed by atoms with E-state index in [4.69, 9.17) is 4.74 Å². The number of hydrazine groups is 1. The summed E-state index contributed by atoms with van der Waals surface area (Å²) in [6, 6.07) is 12.5. The zero-order valence-electron chi connectivity index (χ0n) is 13.3. The van der Waals surface area contributed by atoms with Gasteiger partial charge in [-0.15, -0.1) is 0 Å². The topological polar surface area (TPSA) is 96.1 Å². The van der Waals surface area contributed by atoms with Crippen LogP contribution in [0, 0.1) is 0 Å². The third-order valence-electron chi connectivity index (χ3n) is 3.50. The molecule has 2 aromatic carbocycles. The zero-order valence-corrected chi connectivity index (χ0v) is 14.9. The van der Waals surface area contributed by atoms with Crippen molar-refractivity contribution in [3.05, 3.63) is 58.3 Å². The molecule has 0 saturated carbocycles. The van der Waals surface area contributed by atoms with Crippen molar-refractivity contribution in [3.63, 3.8) is 0 Å². The molecular formula is C17H15BrN4O3. The van der Waals surface area contributed by atoms with Crippen LogP contribution in [0.1, 0.15) is 16.2 Å². The number of nitrogens with zero attached hydrogens (tertiary/aromatic N) is 1. The molecule has 0 fully saturated rings. The number of hydrogen-bond donors (Lipinski definition) is 3. The van der Waals surface area contributed by atoms with E-state index in [-0.39, 0.29) is 12.3 Å². The van der Waals surface area contributed by atoms with Gasteiger partial charge in [-0.1, -0.05) is 12.1 Å². The first kappa shape index (κ1) is 17.0. The number of methoxy groups -OCH3 is 1. The lowest BCUT2D eigenvalue weighted by Crippen LogP contribution is -2.42. The summed E-state index contributed by atoms with van der Waals surface area (Å²) in [7, 11) is 1.51. The molecule has 128 valence electrons. The summed E-state index contributed by atoms with van der Waals surface area (Å²) in [5, 5.41) is 0. The Balaban J connectivity index is 1.61. The van der Waals surface area contributed by atoms with Gasteiger partial charge in [0.2, 0.25) is 5.91 Å². The number of carbonyl (C=O) groups is 2. The molecule has 1 aromatic heterocycles. The first-order valence-corrected chi connectivity index (χ1v) is 8.22. The lowest BCUT2D eigenvalue weighted by Gasteiger charge is -2.09. The van der Waals surface area contributed by atoms with E-state index in [0.717, 1.165) is 11.0 Å². The molecule has 0 aliphatic heterocycles. The van der Waals surface area contributed by atoms with Gasteiger partial charge >= 0.3 is 0 Å². The molecule has 25 heavy (non-hydrogen) atoms. The van der Waals surface area contributed by atoms with E-state index < -0.39 is 5.91 Å². The highest BCUT2D eigenvalue weighted by atomic mass is 79.9. The number of aromatic amines is 1. The van der Waals surface area contributed by atoms with E-state index in [2.05, 4.69) is 36.7 Å². The maximum Gasteiger partial charge on any atom is 0.270 e. The molecule has 0 aliphatic rings. The molecule has 3 aromatic rings. The number of halogens is 1. The first-order chi connectivity index (χ1) is 12.1. The van der Waals surface area contributed by atoms with Crippen molar-refractivity contribution in [1.82, 2.24) is 20.8 Å². The fourth-order valence-corrected chi connectivity index (χ4v) is 2.71. The third kappa shape index (κ3) is 3.97. The number of hydrogen-bond acceptors (Lipinski definition) is 4. The van der Waals surface area contributed by atoms with Crippen LogP contribution in [-0.2, 0) is 11.2 Å². The molecular weight excluding hydrogens is 388 g/mol. The quantitative estimate of drug-likeness (QED) is 0.583. The summed E-state index contributed by atoms with van der Waals surface area (Å²) in [6.45, 7) is 0. The third-order valence-corrected chi connectivity index (χ3v) is 4.19. The van der Waals surface area contributed by atoms with Crippen LogP contribution in [-0.4, -0.2) is 28.9 Å². The molecule has 7 nitrogen and oxygen atoms in total. The predicted molar refractivity (Wildman–Crippen MR) is 96.1 cm³/mol. The van der Waals surface area contributed by atoms with Crippen molar-refractivity contribution in [2.24, 2.45) is 0 Å². The van der Waals surface area contributed by atoms with Gasteiger partial charge in [-0.05, 0) is 46.3 Å². The minimum absolute atomic E-state index is 0.0221. The van der Waals surface area contributed by atoms with Crippen molar-refractivity contribution in [3.8, 4) is 5.75 Å². The second-order valence-electron chi connectivity index (χ2n) is 5.23. The number of rotatable bonds is 4. The summed E-state index contributed by atoms with van der Waals surface area (Å²) in [5.74, 6) is 0.229. The van der Waals surface area contributed by atoms with Crippen LogP contribution in [0.2, 0.25) is 0 Å². The number of carbonyl (C=O) groups excluding carboxylic acids is 2. The highest BCUT2D eigenvalue weighted by Gasteiger charge is 2.13. The normalized spacial score (nSPS) is 10.5. The average Bonchev–Trinajstić information content (AvgIpc) is 3.02. The zero-order chi connectivity index (χ0) is 17.8. The molecule has 0 spiro atoms. The lowest BCUT2D eigenvalue weighted by atomic mass is 10.2. The Hall–Kier alpha value is -2.87. The highest BCUT2D eigenvalue weighted by molar-refractivity contribution is 9.10. The maximum absolute atomic E-state index is 12.2. The van der Waals surface area contributed by atoms with Crippen molar-refractivity contribution in [2.75, 3.05) is 7.11 Å². The molecule has 0 atom stereocenters. The monoisotopic (exact) mass is 402 g/mol. The number of para-hydroxylation sites is 2. The van der Waals surface area contributed by atoms with Gasteiger partial charge < -0.3 is 9.72 Å². The van der Waals surface area contributed by atoms with Crippen LogP contribution in [0.5, 0.6) is 5.75 Å². The Kier molecular flexibility index (Phi) is 4.99. The summed E-state index contributed by atoms with van der Waals surface area (Å²) in [6.07, 6.45) is 0.0221. The molecule has 3 rings (SSSR count). The summed E-state index contributed by atoms with van der Waals surface area (Å²) in [5.41, 5.74) is 6.75. The molecule has 1 heterocycles. The predicted octanol–water partition coefficient (Wildman–Crippen LogP) is 2.34. The van der Waals surface area contributed by atoms with Gasteiger partial charge in [-0.25, -0.2) is 4.98 Å². The van der Waals surface area contributed by atoms with E-state index >= 15 is 0 Å². The van der Waals surface area contributed by atoms with Gasteiger partial charge in [-0.2, -0.15) is 0 Å². The van der Waals surface area contributed by atoms with Crippen molar-refractivity contribution < 1.29 is 14.3 Å². The summed E-state index contributed by atoms with van der Waals surface area (Å²) >= 11 is 3.30. The van der Waals surface area contributed by atoms with Crippen LogP contribution >= 0.6 is 15.9 Å². The Morgan fingerprint density at radius 3 is 2.76 bits per heavy atom. The number of benzene rings is 2. The lowest BCUT2D eigenvalue weighted by molar-refractivity contribution is -0.121. The van der Waals surface area contributed by atoms with Gasteiger partial charge in [0.25, 0.3) is 5.91 Å². The number of fused-ring (bicyclic) bond motifs is 1. The fourth-order valence-electron chi connectivity index (χ4n) is 2.28. The van der Waals surface area contributed by atoms with Gasteiger partial charge in [-0.3, -0.25) is 20.4 Å². The van der Waals surface area contributed by atoms with Gasteiger partial charge in [0.15, 0.2) is 0 Å². The smallest absolute Gasteiger partial charge is 0.270 e. The number of imidazole rings is 1. The van der Waals surface area contributed by atoms with Gasteiger partial charge in [0.05, 0.1) is 30.1 Å². The Labute approximate surface area is 151 Å². The van der Waals surface area contributed by atoms with E-state index in [0.29, 0.717) is 21.6 Å². The Morgan fingerprint density at radius 2 is 2.00 bits per heavy atom. The first-order valence-electron chi connectivity index (χ1n) is 7.43. The largest absolute Gasteiger partial charge is 0.497 e. The van der Waals surface area contributed by atoms with Crippen molar-refractivity contribution in [2.45, 2.75) is 6.42 Å². The number of ether oxygens (including phenoxy) is 1. The van der Waals surface area contributed by atoms with Crippen LogP contribution in [0.25, 0.3) is 11.0 Å². The molecule has 0 bridgehead atoms. The molecule has 0 unspecified atom stereocenters. The maximum atomic E-state index is 12.2. The van der Waals surface area contributed by atoms with Crippen LogP contribution < -0.4 is 15.6 Å². The second kappa shape index (κ2) is 7.35. The standard InChI is InChI=1S/C17H15BrN4O3/c1-25-10-6-7-12(18)11(8-10)17(24)22-21-16(23)9-15-19-13-4-2-3-5-14(13)20-15/h2-8H,9H2,1H3,(H,19,20)(H,21,23)(H,22,24). The van der Waals surface area contributed by atoms with Crippen LogP contribution in [0.4, 0.5) is 0 Å². The van der Waals surface area contributed by atoms with Crippen molar-refractivity contribution in [1.29, 1.82) is 0 Å². The molecule has 0 aliphatic carbocycles. The summed E-state index contributed by atoms with van der Waals surface area (Å²) in [4.78, 5) is 31.6. The van der Waals surface area contributed by atoms with Crippen LogP contribution in [0.3, 0.4) is 0 Å². The van der Waals surface area contributed by atoms with E-state index in [1.807, 2.05) is 24.3 Å². The van der Waals surface area contributed by atoms with E-state index in [1.54, 1.807) is 18.2 Å². The van der Waals surface area contributed by atoms with Crippen molar-refractivity contribution >= 4 is 38.8 Å². The highest BCUT2D eigenvalue weighted by Crippen LogP contribution is 2.22. The van der Waals surface area contributed by atoms with Gasteiger partial charge in [0, 0.05) is 4.47 Å². The summed E-state index contributed by atoms with van der Waals surface area (Å²) < 4.78 is 5.69. The number of H-pyrrole nitrogens is 1. The molecule has 8 heteroatoms. The average molecular weight is 403 g/mol. The van der Waals surface area contributed by atoms with Crippen LogP contribution in [0.15, 0.2) is 46.9 Å². The van der Waals surface area contributed by atoms with E-state index in [1.165, 1.54) is 7.11 Å². The second-order valence-corrected chi connectivity index (χ2v) is 6.08. The molecule has 3 N–H and O–H groups in total. The van der Waals surface area contributed by atoms with Gasteiger partial charge in [0.1, 0.15) is 11.6 Å². The minimum Gasteiger partial charge on any atom is -0.497 e. The number of nitrogens with one attached hydrogen (secondary N) is 3. The molecule has 2 amide bonds. The number of aromatic nitrogens is 2.